The third-order valence-electron chi connectivity index (χ3n) is 6.87. The first-order chi connectivity index (χ1) is 15.4. The predicted molar refractivity (Wildman–Crippen MR) is 134 cm³/mol. The molecule has 2 aromatic carbocycles. The van der Waals surface area contributed by atoms with E-state index in [1.165, 1.54) is 23.3 Å². The van der Waals surface area contributed by atoms with Gasteiger partial charge in [0.25, 0.3) is 0 Å². The number of rotatable bonds is 7. The Morgan fingerprint density at radius 3 is 2.52 bits per heavy atom. The van der Waals surface area contributed by atoms with Crippen LogP contribution < -0.4 is 10.6 Å². The van der Waals surface area contributed by atoms with Crippen molar-refractivity contribution in [1.29, 1.82) is 0 Å². The SMILES string of the molecule is CC(=O)Nc1ccc2c(c1)C1(CC=C2)CCC(NCCCC(=O)c2ccc(F)cc2)CC1.Cl. The lowest BCUT2D eigenvalue weighted by Gasteiger charge is -2.43. The van der Waals surface area contributed by atoms with E-state index in [9.17, 15) is 14.0 Å². The summed E-state index contributed by atoms with van der Waals surface area (Å²) in [5.41, 5.74) is 4.21. The molecule has 0 heterocycles. The molecule has 0 bridgehead atoms. The van der Waals surface area contributed by atoms with Crippen molar-refractivity contribution in [2.45, 2.75) is 63.3 Å². The first-order valence-corrected chi connectivity index (χ1v) is 11.6. The minimum Gasteiger partial charge on any atom is -0.326 e. The van der Waals surface area contributed by atoms with Crippen LogP contribution in [0.25, 0.3) is 6.08 Å². The van der Waals surface area contributed by atoms with E-state index >= 15 is 0 Å². The summed E-state index contributed by atoms with van der Waals surface area (Å²) in [6, 6.07) is 12.5. The van der Waals surface area contributed by atoms with Crippen LogP contribution in [-0.2, 0) is 10.2 Å². The maximum absolute atomic E-state index is 13.0. The highest BCUT2D eigenvalue weighted by atomic mass is 35.5. The fourth-order valence-corrected chi connectivity index (χ4v) is 5.15. The number of benzene rings is 2. The topological polar surface area (TPSA) is 58.2 Å². The molecule has 1 fully saturated rings. The standard InChI is InChI=1S/C27H31FN2O2.ClH/c1-19(31)30-24-11-8-20-4-2-14-27(25(20)18-24)15-12-23(13-16-27)29-17-3-5-26(32)21-6-9-22(28)10-7-21;/h2,4,6-11,18,23,29H,3,5,12-17H2,1H3,(H,30,31);1H. The molecule has 33 heavy (non-hydrogen) atoms. The molecule has 0 aromatic heterocycles. The second-order valence-electron chi connectivity index (χ2n) is 9.13. The van der Waals surface area contributed by atoms with Gasteiger partial charge in [0, 0.05) is 30.6 Å². The van der Waals surface area contributed by atoms with Crippen LogP contribution in [0.5, 0.6) is 0 Å². The summed E-state index contributed by atoms with van der Waals surface area (Å²) in [5, 5.41) is 6.56. The number of anilines is 1. The number of fused-ring (bicyclic) bond motifs is 2. The lowest BCUT2D eigenvalue weighted by molar-refractivity contribution is -0.114. The average Bonchev–Trinajstić information content (AvgIpc) is 2.78. The van der Waals surface area contributed by atoms with Crippen LogP contribution in [0.3, 0.4) is 0 Å². The van der Waals surface area contributed by atoms with Gasteiger partial charge in [0.15, 0.2) is 5.78 Å². The Bertz CT molecular complexity index is 1010. The van der Waals surface area contributed by atoms with E-state index < -0.39 is 0 Å². The number of hydrogen-bond acceptors (Lipinski definition) is 3. The smallest absolute Gasteiger partial charge is 0.221 e. The zero-order chi connectivity index (χ0) is 22.6. The van der Waals surface area contributed by atoms with E-state index in [0.717, 1.165) is 50.8 Å². The van der Waals surface area contributed by atoms with Gasteiger partial charge in [0.05, 0.1) is 0 Å². The van der Waals surface area contributed by atoms with Gasteiger partial charge in [-0.2, -0.15) is 0 Å². The first-order valence-electron chi connectivity index (χ1n) is 11.6. The maximum atomic E-state index is 13.0. The number of ketones is 1. The third kappa shape index (κ3) is 6.10. The van der Waals surface area contributed by atoms with Gasteiger partial charge in [-0.05, 0) is 98.0 Å². The molecule has 0 atom stereocenters. The van der Waals surface area contributed by atoms with Gasteiger partial charge in [-0.15, -0.1) is 12.4 Å². The second-order valence-corrected chi connectivity index (χ2v) is 9.13. The van der Waals surface area contributed by atoms with Crippen molar-refractivity contribution >= 4 is 35.9 Å². The summed E-state index contributed by atoms with van der Waals surface area (Å²) in [5.74, 6) is -0.299. The van der Waals surface area contributed by atoms with Gasteiger partial charge in [0.1, 0.15) is 5.82 Å². The summed E-state index contributed by atoms with van der Waals surface area (Å²) >= 11 is 0. The molecule has 1 amide bonds. The molecule has 4 nitrogen and oxygen atoms in total. The van der Waals surface area contributed by atoms with Crippen molar-refractivity contribution in [3.63, 3.8) is 0 Å². The highest BCUT2D eigenvalue weighted by molar-refractivity contribution is 5.96. The van der Waals surface area contributed by atoms with Crippen molar-refractivity contribution in [1.82, 2.24) is 5.32 Å². The largest absolute Gasteiger partial charge is 0.326 e. The number of nitrogens with one attached hydrogen (secondary N) is 2. The van der Waals surface area contributed by atoms with E-state index in [4.69, 9.17) is 0 Å². The van der Waals surface area contributed by atoms with Gasteiger partial charge in [-0.3, -0.25) is 9.59 Å². The number of carbonyl (C=O) groups is 2. The molecular formula is C27H32ClFN2O2. The average molecular weight is 471 g/mol. The predicted octanol–water partition coefficient (Wildman–Crippen LogP) is 6.06. The number of amides is 1. The summed E-state index contributed by atoms with van der Waals surface area (Å²) in [4.78, 5) is 23.7. The Hall–Kier alpha value is -2.50. The number of halogens is 2. The summed E-state index contributed by atoms with van der Waals surface area (Å²) < 4.78 is 13.0. The van der Waals surface area contributed by atoms with Crippen LogP contribution in [0, 0.1) is 5.82 Å². The van der Waals surface area contributed by atoms with Gasteiger partial charge in [-0.25, -0.2) is 4.39 Å². The lowest BCUT2D eigenvalue weighted by atomic mass is 9.63. The zero-order valence-corrected chi connectivity index (χ0v) is 19.8. The molecular weight excluding hydrogens is 439 g/mol. The fraction of sp³-hybridized carbons (Fsp3) is 0.407. The minimum atomic E-state index is -0.319. The van der Waals surface area contributed by atoms with E-state index in [2.05, 4.69) is 34.9 Å². The van der Waals surface area contributed by atoms with E-state index in [1.807, 2.05) is 6.07 Å². The third-order valence-corrected chi connectivity index (χ3v) is 6.87. The lowest BCUT2D eigenvalue weighted by Crippen LogP contribution is -2.41. The van der Waals surface area contributed by atoms with Gasteiger partial charge in [0.2, 0.25) is 5.91 Å². The molecule has 0 radical (unpaired) electrons. The van der Waals surface area contributed by atoms with Crippen LogP contribution in [0.2, 0.25) is 0 Å². The molecule has 1 saturated carbocycles. The van der Waals surface area contributed by atoms with Gasteiger partial charge >= 0.3 is 0 Å². The molecule has 4 rings (SSSR count). The Morgan fingerprint density at radius 2 is 1.82 bits per heavy atom. The Labute approximate surface area is 201 Å². The van der Waals surface area contributed by atoms with Crippen LogP contribution >= 0.6 is 12.4 Å². The quantitative estimate of drug-likeness (QED) is 0.382. The molecule has 2 N–H and O–H groups in total. The Morgan fingerprint density at radius 1 is 1.09 bits per heavy atom. The molecule has 2 aliphatic rings. The highest BCUT2D eigenvalue weighted by Gasteiger charge is 2.38. The first kappa shape index (κ1) is 25.1. The summed E-state index contributed by atoms with van der Waals surface area (Å²) in [6.07, 6.45) is 11.2. The molecule has 176 valence electrons. The molecule has 0 aliphatic heterocycles. The normalized spacial score (nSPS) is 21.2. The summed E-state index contributed by atoms with van der Waals surface area (Å²) in [7, 11) is 0. The van der Waals surface area contributed by atoms with E-state index in [-0.39, 0.29) is 35.3 Å². The van der Waals surface area contributed by atoms with Crippen LogP contribution in [0.1, 0.15) is 73.4 Å². The maximum Gasteiger partial charge on any atom is 0.221 e. The van der Waals surface area contributed by atoms with E-state index in [1.54, 1.807) is 19.1 Å². The number of allylic oxidation sites excluding steroid dienone is 1. The number of hydrogen-bond donors (Lipinski definition) is 2. The molecule has 1 spiro atoms. The number of carbonyl (C=O) groups excluding carboxylic acids is 2. The molecule has 6 heteroatoms. The van der Waals surface area contributed by atoms with E-state index in [0.29, 0.717) is 18.0 Å². The molecule has 2 aromatic rings. The zero-order valence-electron chi connectivity index (χ0n) is 19.0. The molecule has 0 unspecified atom stereocenters. The summed E-state index contributed by atoms with van der Waals surface area (Å²) in [6.45, 7) is 2.35. The van der Waals surface area contributed by atoms with Crippen molar-refractivity contribution in [2.24, 2.45) is 0 Å². The van der Waals surface area contributed by atoms with Crippen molar-refractivity contribution in [2.75, 3.05) is 11.9 Å². The number of Topliss-reactive ketones (excluding diaryl/α,β-unsaturated/α-hetero) is 1. The van der Waals surface area contributed by atoms with Gasteiger partial charge in [-0.1, -0.05) is 18.2 Å². The monoisotopic (exact) mass is 470 g/mol. The fourth-order valence-electron chi connectivity index (χ4n) is 5.15. The van der Waals surface area contributed by atoms with Crippen molar-refractivity contribution in [3.8, 4) is 0 Å². The van der Waals surface area contributed by atoms with Crippen molar-refractivity contribution < 1.29 is 14.0 Å². The minimum absolute atomic E-state index is 0. The van der Waals surface area contributed by atoms with Crippen LogP contribution in [0.15, 0.2) is 48.5 Å². The Balaban J connectivity index is 0.00000306. The van der Waals surface area contributed by atoms with Crippen LogP contribution in [0.4, 0.5) is 10.1 Å². The Kier molecular flexibility index (Phi) is 8.44. The highest BCUT2D eigenvalue weighted by Crippen LogP contribution is 2.47. The van der Waals surface area contributed by atoms with Gasteiger partial charge < -0.3 is 10.6 Å². The second kappa shape index (κ2) is 11.1. The van der Waals surface area contributed by atoms with Crippen molar-refractivity contribution in [3.05, 3.63) is 71.0 Å². The molecule has 2 aliphatic carbocycles. The van der Waals surface area contributed by atoms with Crippen LogP contribution in [-0.4, -0.2) is 24.3 Å². The molecule has 0 saturated heterocycles.